The zero-order chi connectivity index (χ0) is 13.6. The van der Waals surface area contributed by atoms with Crippen LogP contribution in [0.3, 0.4) is 0 Å². The Morgan fingerprint density at radius 1 is 1.28 bits per heavy atom. The number of hydrogen-bond acceptors (Lipinski definition) is 3. The Morgan fingerprint density at radius 2 is 1.89 bits per heavy atom. The largest absolute Gasteiger partial charge is 0.401 e. The van der Waals surface area contributed by atoms with E-state index in [0.717, 1.165) is 0 Å². The maximum absolute atomic E-state index is 12.2. The first kappa shape index (κ1) is 14.8. The summed E-state index contributed by atoms with van der Waals surface area (Å²) < 4.78 is 36.5. The molecule has 1 N–H and O–H groups in total. The van der Waals surface area contributed by atoms with Crippen LogP contribution in [-0.2, 0) is 4.79 Å². The minimum atomic E-state index is -4.18. The molecule has 0 aliphatic carbocycles. The lowest BCUT2D eigenvalue weighted by Crippen LogP contribution is -2.52. The highest BCUT2D eigenvalue weighted by Crippen LogP contribution is 2.17. The number of nitrogens with one attached hydrogen (secondary N) is 1. The van der Waals surface area contributed by atoms with Crippen LogP contribution in [0.1, 0.15) is 0 Å². The summed E-state index contributed by atoms with van der Waals surface area (Å²) in [6.07, 6.45) is 0.840. The Kier molecular flexibility index (Phi) is 5.44. The van der Waals surface area contributed by atoms with Gasteiger partial charge in [-0.1, -0.05) is 5.92 Å². The predicted octanol–water partition coefficient (Wildman–Crippen LogP) is -0.0843. The van der Waals surface area contributed by atoms with Gasteiger partial charge in [0.05, 0.1) is 19.6 Å². The first-order valence-electron chi connectivity index (χ1n) is 5.63. The quantitative estimate of drug-likeness (QED) is 0.569. The Balaban J connectivity index is 2.26. The molecule has 0 unspecified atom stereocenters. The van der Waals surface area contributed by atoms with Crippen LogP contribution >= 0.6 is 0 Å². The smallest absolute Gasteiger partial charge is 0.339 e. The molecule has 0 spiro atoms. The first-order chi connectivity index (χ1) is 8.42. The Hall–Kier alpha value is -1.26. The average molecular weight is 263 g/mol. The van der Waals surface area contributed by atoms with Gasteiger partial charge in [0, 0.05) is 26.2 Å². The van der Waals surface area contributed by atoms with Crippen LogP contribution in [0.2, 0.25) is 0 Å². The number of terminal acetylenes is 1. The van der Waals surface area contributed by atoms with E-state index in [1.54, 1.807) is 4.90 Å². The Labute approximate surface area is 104 Å². The lowest BCUT2D eigenvalue weighted by molar-refractivity contribution is -0.151. The molecule has 0 bridgehead atoms. The molecule has 1 aliphatic rings. The van der Waals surface area contributed by atoms with Gasteiger partial charge in [-0.3, -0.25) is 15.0 Å². The number of rotatable bonds is 4. The van der Waals surface area contributed by atoms with E-state index in [0.29, 0.717) is 19.6 Å². The molecule has 0 aromatic rings. The van der Waals surface area contributed by atoms with Gasteiger partial charge in [0.2, 0.25) is 5.91 Å². The summed E-state index contributed by atoms with van der Waals surface area (Å²) in [7, 11) is 0. The van der Waals surface area contributed by atoms with Crippen LogP contribution in [0.4, 0.5) is 13.2 Å². The Morgan fingerprint density at radius 3 is 2.39 bits per heavy atom. The highest BCUT2D eigenvalue weighted by molar-refractivity contribution is 5.78. The van der Waals surface area contributed by atoms with Gasteiger partial charge in [0.25, 0.3) is 0 Å². The third kappa shape index (κ3) is 5.38. The van der Waals surface area contributed by atoms with Gasteiger partial charge in [-0.15, -0.1) is 6.42 Å². The average Bonchev–Trinajstić information content (AvgIpc) is 2.28. The maximum Gasteiger partial charge on any atom is 0.401 e. The molecule has 1 amide bonds. The highest BCUT2D eigenvalue weighted by atomic mass is 19.4. The van der Waals surface area contributed by atoms with Crippen LogP contribution in [-0.4, -0.2) is 67.7 Å². The molecule has 0 atom stereocenters. The van der Waals surface area contributed by atoms with Crippen LogP contribution in [0.25, 0.3) is 0 Å². The summed E-state index contributed by atoms with van der Waals surface area (Å²) in [6.45, 7) is 0.674. The number of hydrogen-bond donors (Lipinski definition) is 1. The minimum Gasteiger partial charge on any atom is -0.339 e. The summed E-state index contributed by atoms with van der Waals surface area (Å²) in [5.41, 5.74) is 0. The van der Waals surface area contributed by atoms with Crippen LogP contribution in [0.5, 0.6) is 0 Å². The molecule has 1 fully saturated rings. The molecule has 1 aliphatic heterocycles. The van der Waals surface area contributed by atoms with Crippen molar-refractivity contribution in [3.8, 4) is 12.3 Å². The van der Waals surface area contributed by atoms with E-state index in [9.17, 15) is 18.0 Å². The molecule has 1 rings (SSSR count). The van der Waals surface area contributed by atoms with E-state index in [4.69, 9.17) is 6.42 Å². The molecule has 0 radical (unpaired) electrons. The number of amides is 1. The summed E-state index contributed by atoms with van der Waals surface area (Å²) >= 11 is 0. The standard InChI is InChI=1S/C11H16F3N3O/c1-2-3-15-8-10(18)17-6-4-16(5-7-17)9-11(12,13)14/h1,15H,3-9H2. The lowest BCUT2D eigenvalue weighted by Gasteiger charge is -2.35. The second-order valence-corrected chi connectivity index (χ2v) is 4.08. The van der Waals surface area contributed by atoms with Crippen LogP contribution < -0.4 is 5.32 Å². The van der Waals surface area contributed by atoms with Crippen molar-refractivity contribution in [2.24, 2.45) is 0 Å². The topological polar surface area (TPSA) is 35.6 Å². The fourth-order valence-corrected chi connectivity index (χ4v) is 1.76. The second-order valence-electron chi connectivity index (χ2n) is 4.08. The SMILES string of the molecule is C#CCNCC(=O)N1CCN(CC(F)(F)F)CC1. The number of carbonyl (C=O) groups excluding carboxylic acids is 1. The number of piperazine rings is 1. The molecule has 4 nitrogen and oxygen atoms in total. The summed E-state index contributed by atoms with van der Waals surface area (Å²) in [6, 6.07) is 0. The summed E-state index contributed by atoms with van der Waals surface area (Å²) in [5, 5.41) is 2.76. The molecule has 1 saturated heterocycles. The number of halogens is 3. The number of carbonyl (C=O) groups is 1. The van der Waals surface area contributed by atoms with E-state index in [-0.39, 0.29) is 25.5 Å². The molecule has 0 aromatic carbocycles. The van der Waals surface area contributed by atoms with Gasteiger partial charge in [-0.25, -0.2) is 0 Å². The van der Waals surface area contributed by atoms with Crippen molar-refractivity contribution in [2.75, 3.05) is 45.8 Å². The van der Waals surface area contributed by atoms with Crippen LogP contribution in [0, 0.1) is 12.3 Å². The van der Waals surface area contributed by atoms with Crippen molar-refractivity contribution < 1.29 is 18.0 Å². The third-order valence-corrected chi connectivity index (χ3v) is 2.63. The third-order valence-electron chi connectivity index (χ3n) is 2.63. The zero-order valence-corrected chi connectivity index (χ0v) is 9.96. The van der Waals surface area contributed by atoms with Crippen molar-refractivity contribution in [3.05, 3.63) is 0 Å². The van der Waals surface area contributed by atoms with Gasteiger partial charge in [0.1, 0.15) is 0 Å². The summed E-state index contributed by atoms with van der Waals surface area (Å²) in [4.78, 5) is 14.5. The maximum atomic E-state index is 12.2. The van der Waals surface area contributed by atoms with Gasteiger partial charge < -0.3 is 4.90 Å². The van der Waals surface area contributed by atoms with E-state index in [2.05, 4.69) is 11.2 Å². The van der Waals surface area contributed by atoms with Gasteiger partial charge >= 0.3 is 6.18 Å². The molecular weight excluding hydrogens is 247 g/mol. The first-order valence-corrected chi connectivity index (χ1v) is 5.63. The zero-order valence-electron chi connectivity index (χ0n) is 9.96. The monoisotopic (exact) mass is 263 g/mol. The van der Waals surface area contributed by atoms with E-state index < -0.39 is 12.7 Å². The molecule has 1 heterocycles. The van der Waals surface area contributed by atoms with Gasteiger partial charge in [-0.05, 0) is 0 Å². The molecule has 0 aromatic heterocycles. The van der Waals surface area contributed by atoms with Gasteiger partial charge in [0.15, 0.2) is 0 Å². The van der Waals surface area contributed by atoms with Crippen molar-refractivity contribution in [1.82, 2.24) is 15.1 Å². The van der Waals surface area contributed by atoms with Crippen LogP contribution in [0.15, 0.2) is 0 Å². The van der Waals surface area contributed by atoms with Crippen molar-refractivity contribution >= 4 is 5.91 Å². The Bertz CT molecular complexity index is 316. The van der Waals surface area contributed by atoms with E-state index >= 15 is 0 Å². The molecule has 18 heavy (non-hydrogen) atoms. The second kappa shape index (κ2) is 6.61. The van der Waals surface area contributed by atoms with Crippen molar-refractivity contribution in [1.29, 1.82) is 0 Å². The van der Waals surface area contributed by atoms with Gasteiger partial charge in [-0.2, -0.15) is 13.2 Å². The number of alkyl halides is 3. The molecule has 7 heteroatoms. The van der Waals surface area contributed by atoms with E-state index in [1.165, 1.54) is 4.90 Å². The minimum absolute atomic E-state index is 0.128. The molecular formula is C11H16F3N3O. The summed E-state index contributed by atoms with van der Waals surface area (Å²) in [5.74, 6) is 2.22. The normalized spacial score (nSPS) is 17.6. The van der Waals surface area contributed by atoms with Crippen molar-refractivity contribution in [2.45, 2.75) is 6.18 Å². The molecule has 102 valence electrons. The predicted molar refractivity (Wildman–Crippen MR) is 60.8 cm³/mol. The lowest BCUT2D eigenvalue weighted by atomic mass is 10.3. The van der Waals surface area contributed by atoms with E-state index in [1.807, 2.05) is 0 Å². The van der Waals surface area contributed by atoms with Crippen molar-refractivity contribution in [3.63, 3.8) is 0 Å². The highest BCUT2D eigenvalue weighted by Gasteiger charge is 2.32. The fourth-order valence-electron chi connectivity index (χ4n) is 1.76. The number of nitrogens with zero attached hydrogens (tertiary/aromatic N) is 2. The molecule has 0 saturated carbocycles. The fraction of sp³-hybridized carbons (Fsp3) is 0.727.